The van der Waals surface area contributed by atoms with E-state index in [0.29, 0.717) is 24.7 Å². The van der Waals surface area contributed by atoms with Gasteiger partial charge in [-0.15, -0.1) is 0 Å². The molecule has 100 valence electrons. The number of likely N-dealkylation sites (N-methyl/N-ethyl adjacent to an activating group) is 2. The molecule has 0 bridgehead atoms. The molecule has 1 amide bonds. The topological polar surface area (TPSA) is 75.4 Å². The number of carbonyl (C=O) groups is 1. The van der Waals surface area contributed by atoms with E-state index in [1.807, 2.05) is 18.7 Å². The first kappa shape index (κ1) is 14.4. The molecule has 0 saturated carbocycles. The summed E-state index contributed by atoms with van der Waals surface area (Å²) in [5, 5.41) is 0. The van der Waals surface area contributed by atoms with Crippen LogP contribution in [-0.2, 0) is 11.3 Å². The Bertz CT molecular complexity index is 399. The van der Waals surface area contributed by atoms with Crippen LogP contribution in [0.15, 0.2) is 6.07 Å². The predicted molar refractivity (Wildman–Crippen MR) is 70.8 cm³/mol. The number of aryl methyl sites for hydroxylation is 1. The van der Waals surface area contributed by atoms with E-state index in [1.165, 1.54) is 0 Å². The maximum Gasteiger partial charge on any atom is 0.236 e. The molecule has 0 aliphatic carbocycles. The lowest BCUT2D eigenvalue weighted by molar-refractivity contribution is -0.130. The van der Waals surface area contributed by atoms with E-state index in [0.717, 1.165) is 12.2 Å². The highest BCUT2D eigenvalue weighted by Gasteiger charge is 2.12. The van der Waals surface area contributed by atoms with Crippen molar-refractivity contribution in [1.29, 1.82) is 0 Å². The minimum Gasteiger partial charge on any atom is -0.384 e. The molecule has 0 atom stereocenters. The van der Waals surface area contributed by atoms with Gasteiger partial charge in [-0.2, -0.15) is 0 Å². The van der Waals surface area contributed by atoms with Crippen molar-refractivity contribution >= 4 is 11.7 Å². The maximum atomic E-state index is 11.7. The molecule has 6 nitrogen and oxygen atoms in total. The van der Waals surface area contributed by atoms with E-state index < -0.39 is 0 Å². The smallest absolute Gasteiger partial charge is 0.236 e. The Morgan fingerprint density at radius 1 is 1.39 bits per heavy atom. The lowest BCUT2D eigenvalue weighted by Gasteiger charge is -2.21. The van der Waals surface area contributed by atoms with Gasteiger partial charge >= 0.3 is 0 Å². The summed E-state index contributed by atoms with van der Waals surface area (Å²) in [6, 6.07) is 1.73. The first-order valence-corrected chi connectivity index (χ1v) is 5.95. The van der Waals surface area contributed by atoms with Gasteiger partial charge in [-0.05, 0) is 13.5 Å². The lowest BCUT2D eigenvalue weighted by Crippen LogP contribution is -2.36. The van der Waals surface area contributed by atoms with Crippen LogP contribution >= 0.6 is 0 Å². The number of rotatable bonds is 5. The second-order valence-electron chi connectivity index (χ2n) is 4.44. The van der Waals surface area contributed by atoms with E-state index in [9.17, 15) is 4.79 Å². The van der Waals surface area contributed by atoms with Crippen molar-refractivity contribution < 1.29 is 4.79 Å². The fourth-order valence-electron chi connectivity index (χ4n) is 1.54. The Balaban J connectivity index is 2.70. The fraction of sp³-hybridized carbons (Fsp3) is 0.583. The van der Waals surface area contributed by atoms with Crippen molar-refractivity contribution in [3.63, 3.8) is 0 Å². The Hall–Kier alpha value is -1.69. The zero-order valence-electron chi connectivity index (χ0n) is 11.5. The standard InChI is InChI=1S/C12H21N5O/c1-5-17(8-12(18)16(3)4)7-11-14-9(2)6-10(13)15-11/h6H,5,7-8H2,1-4H3,(H2,13,14,15). The molecule has 1 aromatic rings. The molecule has 0 spiro atoms. The summed E-state index contributed by atoms with van der Waals surface area (Å²) in [5.41, 5.74) is 6.52. The average molecular weight is 251 g/mol. The quantitative estimate of drug-likeness (QED) is 0.813. The van der Waals surface area contributed by atoms with Crippen molar-refractivity contribution in [1.82, 2.24) is 19.8 Å². The first-order valence-electron chi connectivity index (χ1n) is 5.95. The number of nitrogens with two attached hydrogens (primary N) is 1. The van der Waals surface area contributed by atoms with Gasteiger partial charge in [0.2, 0.25) is 5.91 Å². The summed E-state index contributed by atoms with van der Waals surface area (Å²) in [6.45, 7) is 5.53. The van der Waals surface area contributed by atoms with Crippen LogP contribution in [0.3, 0.4) is 0 Å². The van der Waals surface area contributed by atoms with Gasteiger partial charge in [0.05, 0.1) is 13.1 Å². The molecule has 0 unspecified atom stereocenters. The molecule has 6 heteroatoms. The number of hydrogen-bond donors (Lipinski definition) is 1. The molecular formula is C12H21N5O. The van der Waals surface area contributed by atoms with Crippen molar-refractivity contribution in [3.8, 4) is 0 Å². The number of aromatic nitrogens is 2. The highest BCUT2D eigenvalue weighted by Crippen LogP contribution is 2.05. The second-order valence-corrected chi connectivity index (χ2v) is 4.44. The Morgan fingerprint density at radius 3 is 2.56 bits per heavy atom. The van der Waals surface area contributed by atoms with E-state index in [1.54, 1.807) is 25.1 Å². The molecule has 0 aliphatic rings. The van der Waals surface area contributed by atoms with Crippen LogP contribution < -0.4 is 5.73 Å². The Morgan fingerprint density at radius 2 is 2.06 bits per heavy atom. The maximum absolute atomic E-state index is 11.7. The van der Waals surface area contributed by atoms with Gasteiger partial charge in [0.15, 0.2) is 0 Å². The van der Waals surface area contributed by atoms with Crippen LogP contribution in [0.5, 0.6) is 0 Å². The highest BCUT2D eigenvalue weighted by atomic mass is 16.2. The summed E-state index contributed by atoms with van der Waals surface area (Å²) >= 11 is 0. The van der Waals surface area contributed by atoms with Gasteiger partial charge < -0.3 is 10.6 Å². The predicted octanol–water partition coefficient (Wildman–Crippen LogP) is 0.277. The van der Waals surface area contributed by atoms with E-state index >= 15 is 0 Å². The van der Waals surface area contributed by atoms with Crippen molar-refractivity contribution in [2.24, 2.45) is 0 Å². The number of amides is 1. The molecule has 0 radical (unpaired) electrons. The average Bonchev–Trinajstić information content (AvgIpc) is 2.26. The molecule has 0 fully saturated rings. The van der Waals surface area contributed by atoms with E-state index in [4.69, 9.17) is 5.73 Å². The molecule has 1 heterocycles. The molecule has 0 saturated heterocycles. The Labute approximate surface area is 108 Å². The van der Waals surface area contributed by atoms with Gasteiger partial charge in [0.25, 0.3) is 0 Å². The van der Waals surface area contributed by atoms with Crippen molar-refractivity contribution in [2.45, 2.75) is 20.4 Å². The molecule has 1 rings (SSSR count). The van der Waals surface area contributed by atoms with Crippen molar-refractivity contribution in [3.05, 3.63) is 17.6 Å². The first-order chi connectivity index (χ1) is 8.42. The highest BCUT2D eigenvalue weighted by molar-refractivity contribution is 5.77. The summed E-state index contributed by atoms with van der Waals surface area (Å²) in [4.78, 5) is 23.7. The number of anilines is 1. The SMILES string of the molecule is CCN(CC(=O)N(C)C)Cc1nc(C)cc(N)n1. The molecule has 1 aromatic heterocycles. The van der Waals surface area contributed by atoms with Gasteiger partial charge in [0, 0.05) is 25.9 Å². The number of carbonyl (C=O) groups excluding carboxylic acids is 1. The monoisotopic (exact) mass is 251 g/mol. The van der Waals surface area contributed by atoms with Gasteiger partial charge in [-0.1, -0.05) is 6.92 Å². The van der Waals surface area contributed by atoms with Gasteiger partial charge in [0.1, 0.15) is 11.6 Å². The minimum absolute atomic E-state index is 0.0671. The second kappa shape index (κ2) is 6.30. The van der Waals surface area contributed by atoms with Gasteiger partial charge in [-0.3, -0.25) is 9.69 Å². The summed E-state index contributed by atoms with van der Waals surface area (Å²) < 4.78 is 0. The van der Waals surface area contributed by atoms with Crippen LogP contribution in [0, 0.1) is 6.92 Å². The van der Waals surface area contributed by atoms with E-state index in [2.05, 4.69) is 9.97 Å². The van der Waals surface area contributed by atoms with Crippen LogP contribution in [0.25, 0.3) is 0 Å². The third-order valence-electron chi connectivity index (χ3n) is 2.59. The molecule has 18 heavy (non-hydrogen) atoms. The number of nitrogen functional groups attached to an aromatic ring is 1. The number of hydrogen-bond acceptors (Lipinski definition) is 5. The molecule has 2 N–H and O–H groups in total. The molecular weight excluding hydrogens is 230 g/mol. The third-order valence-corrected chi connectivity index (χ3v) is 2.59. The summed E-state index contributed by atoms with van der Waals surface area (Å²) in [6.07, 6.45) is 0. The summed E-state index contributed by atoms with van der Waals surface area (Å²) in [7, 11) is 3.49. The van der Waals surface area contributed by atoms with Crippen LogP contribution in [0.2, 0.25) is 0 Å². The van der Waals surface area contributed by atoms with Crippen LogP contribution in [-0.4, -0.2) is 52.9 Å². The molecule has 0 aliphatic heterocycles. The van der Waals surface area contributed by atoms with Crippen LogP contribution in [0.4, 0.5) is 5.82 Å². The zero-order valence-corrected chi connectivity index (χ0v) is 11.5. The van der Waals surface area contributed by atoms with Crippen LogP contribution in [0.1, 0.15) is 18.4 Å². The van der Waals surface area contributed by atoms with Gasteiger partial charge in [-0.25, -0.2) is 9.97 Å². The lowest BCUT2D eigenvalue weighted by atomic mass is 10.3. The zero-order chi connectivity index (χ0) is 13.7. The largest absolute Gasteiger partial charge is 0.384 e. The normalized spacial score (nSPS) is 10.7. The molecule has 0 aromatic carbocycles. The number of nitrogens with zero attached hydrogens (tertiary/aromatic N) is 4. The third kappa shape index (κ3) is 4.29. The fourth-order valence-corrected chi connectivity index (χ4v) is 1.54. The summed E-state index contributed by atoms with van der Waals surface area (Å²) in [5.74, 6) is 1.19. The van der Waals surface area contributed by atoms with E-state index in [-0.39, 0.29) is 5.91 Å². The van der Waals surface area contributed by atoms with Crippen molar-refractivity contribution in [2.75, 3.05) is 32.9 Å². The minimum atomic E-state index is 0.0671. The Kier molecular flexibility index (Phi) is 5.03.